The molecular weight excluding hydrogens is 321 g/mol. The predicted molar refractivity (Wildman–Crippen MR) is 90.1 cm³/mol. The third-order valence-corrected chi connectivity index (χ3v) is 4.34. The van der Waals surface area contributed by atoms with Gasteiger partial charge in [-0.05, 0) is 25.0 Å². The summed E-state index contributed by atoms with van der Waals surface area (Å²) in [4.78, 5) is 4.43. The molecule has 5 nitrogen and oxygen atoms in total. The summed E-state index contributed by atoms with van der Waals surface area (Å²) in [7, 11) is 0. The van der Waals surface area contributed by atoms with Crippen LogP contribution in [-0.2, 0) is 0 Å². The molecule has 1 fully saturated rings. The van der Waals surface area contributed by atoms with Crippen LogP contribution in [0.4, 0.5) is 17.5 Å². The Bertz CT molecular complexity index is 623. The van der Waals surface area contributed by atoms with Crippen LogP contribution >= 0.6 is 23.2 Å². The predicted octanol–water partition coefficient (Wildman–Crippen LogP) is 4.67. The Hall–Kier alpha value is -1.59. The van der Waals surface area contributed by atoms with Gasteiger partial charge in [0.05, 0.1) is 21.9 Å². The first-order valence-corrected chi connectivity index (χ1v) is 8.15. The second-order valence-corrected chi connectivity index (χ2v) is 6.18. The minimum Gasteiger partial charge on any atom is -0.350 e. The van der Waals surface area contributed by atoms with Gasteiger partial charge in [-0.2, -0.15) is 10.1 Å². The molecule has 116 valence electrons. The molecule has 1 aromatic carbocycles. The van der Waals surface area contributed by atoms with Gasteiger partial charge in [-0.15, -0.1) is 5.10 Å². The van der Waals surface area contributed by atoms with Crippen molar-refractivity contribution in [3.05, 3.63) is 34.4 Å². The standard InChI is InChI=1S/C15H17Cl2N5/c16-11-7-4-8-12(17)14(11)20-13-9-18-22-15(21-13)19-10-5-2-1-3-6-10/h4,7-10H,1-3,5-6H2,(H2,19,20,21,22). The van der Waals surface area contributed by atoms with Crippen molar-refractivity contribution in [2.75, 3.05) is 10.6 Å². The molecule has 0 saturated heterocycles. The van der Waals surface area contributed by atoms with E-state index in [0.717, 1.165) is 12.8 Å². The molecule has 22 heavy (non-hydrogen) atoms. The van der Waals surface area contributed by atoms with Crippen molar-refractivity contribution in [3.63, 3.8) is 0 Å². The van der Waals surface area contributed by atoms with E-state index in [1.54, 1.807) is 24.4 Å². The number of halogens is 2. The molecule has 0 spiro atoms. The average molecular weight is 338 g/mol. The first kappa shape index (κ1) is 15.3. The highest BCUT2D eigenvalue weighted by molar-refractivity contribution is 6.39. The maximum Gasteiger partial charge on any atom is 0.244 e. The number of aromatic nitrogens is 3. The summed E-state index contributed by atoms with van der Waals surface area (Å²) in [5, 5.41) is 15.5. The highest BCUT2D eigenvalue weighted by Gasteiger charge is 2.15. The van der Waals surface area contributed by atoms with Gasteiger partial charge < -0.3 is 10.6 Å². The Morgan fingerprint density at radius 1 is 1.05 bits per heavy atom. The van der Waals surface area contributed by atoms with E-state index in [1.807, 2.05) is 0 Å². The first-order valence-electron chi connectivity index (χ1n) is 7.39. The van der Waals surface area contributed by atoms with Crippen molar-refractivity contribution in [1.82, 2.24) is 15.2 Å². The molecule has 7 heteroatoms. The third kappa shape index (κ3) is 3.78. The minimum absolute atomic E-state index is 0.426. The summed E-state index contributed by atoms with van der Waals surface area (Å²) in [5.41, 5.74) is 0.620. The largest absolute Gasteiger partial charge is 0.350 e. The Labute approximate surface area is 139 Å². The Morgan fingerprint density at radius 3 is 2.50 bits per heavy atom. The van der Waals surface area contributed by atoms with E-state index in [9.17, 15) is 0 Å². The van der Waals surface area contributed by atoms with Crippen LogP contribution in [-0.4, -0.2) is 21.2 Å². The molecule has 1 aliphatic rings. The molecule has 0 unspecified atom stereocenters. The number of hydrogen-bond acceptors (Lipinski definition) is 5. The summed E-state index contributed by atoms with van der Waals surface area (Å²) >= 11 is 12.3. The van der Waals surface area contributed by atoms with Crippen LogP contribution in [0.1, 0.15) is 32.1 Å². The van der Waals surface area contributed by atoms with Crippen molar-refractivity contribution >= 4 is 40.7 Å². The van der Waals surface area contributed by atoms with Crippen molar-refractivity contribution in [2.24, 2.45) is 0 Å². The number of anilines is 3. The lowest BCUT2D eigenvalue weighted by Gasteiger charge is -2.22. The van der Waals surface area contributed by atoms with Crippen LogP contribution in [0.3, 0.4) is 0 Å². The van der Waals surface area contributed by atoms with Gasteiger partial charge in [-0.25, -0.2) is 0 Å². The van der Waals surface area contributed by atoms with Gasteiger partial charge >= 0.3 is 0 Å². The van der Waals surface area contributed by atoms with Gasteiger partial charge in [-0.3, -0.25) is 0 Å². The molecule has 1 heterocycles. The minimum atomic E-state index is 0.426. The number of para-hydroxylation sites is 1. The van der Waals surface area contributed by atoms with Crippen molar-refractivity contribution in [1.29, 1.82) is 0 Å². The molecule has 0 aliphatic heterocycles. The summed E-state index contributed by atoms with van der Waals surface area (Å²) < 4.78 is 0. The molecule has 3 rings (SSSR count). The topological polar surface area (TPSA) is 62.7 Å². The van der Waals surface area contributed by atoms with Crippen LogP contribution in [0.25, 0.3) is 0 Å². The Morgan fingerprint density at radius 2 is 1.77 bits per heavy atom. The zero-order valence-corrected chi connectivity index (χ0v) is 13.5. The Kier molecular flexibility index (Phi) is 4.95. The second kappa shape index (κ2) is 7.11. The van der Waals surface area contributed by atoms with Crippen LogP contribution < -0.4 is 10.6 Å². The van der Waals surface area contributed by atoms with E-state index in [4.69, 9.17) is 23.2 Å². The molecule has 1 aliphatic carbocycles. The van der Waals surface area contributed by atoms with Crippen LogP contribution in [0.15, 0.2) is 24.4 Å². The summed E-state index contributed by atoms with van der Waals surface area (Å²) in [6, 6.07) is 5.76. The quantitative estimate of drug-likeness (QED) is 0.848. The Balaban J connectivity index is 1.73. The normalized spacial score (nSPS) is 15.5. The number of nitrogens with one attached hydrogen (secondary N) is 2. The lowest BCUT2D eigenvalue weighted by Crippen LogP contribution is -2.23. The lowest BCUT2D eigenvalue weighted by atomic mass is 9.96. The van der Waals surface area contributed by atoms with Gasteiger partial charge in [0.2, 0.25) is 5.95 Å². The van der Waals surface area contributed by atoms with Gasteiger partial charge in [-0.1, -0.05) is 48.5 Å². The number of hydrogen-bond donors (Lipinski definition) is 2. The zero-order valence-electron chi connectivity index (χ0n) is 12.0. The highest BCUT2D eigenvalue weighted by Crippen LogP contribution is 2.32. The zero-order chi connectivity index (χ0) is 15.4. The fourth-order valence-corrected chi connectivity index (χ4v) is 3.09. The lowest BCUT2D eigenvalue weighted by molar-refractivity contribution is 0.460. The van der Waals surface area contributed by atoms with Crippen molar-refractivity contribution < 1.29 is 0 Å². The third-order valence-electron chi connectivity index (χ3n) is 3.71. The van der Waals surface area contributed by atoms with E-state index in [0.29, 0.717) is 33.5 Å². The van der Waals surface area contributed by atoms with E-state index in [1.165, 1.54) is 19.3 Å². The molecule has 0 atom stereocenters. The smallest absolute Gasteiger partial charge is 0.244 e. The summed E-state index contributed by atoms with van der Waals surface area (Å²) in [5.74, 6) is 1.09. The SMILES string of the molecule is Clc1cccc(Cl)c1Nc1cnnc(NC2CCCCC2)n1. The first-order chi connectivity index (χ1) is 10.7. The highest BCUT2D eigenvalue weighted by atomic mass is 35.5. The summed E-state index contributed by atoms with van der Waals surface area (Å²) in [6.45, 7) is 0. The van der Waals surface area contributed by atoms with E-state index < -0.39 is 0 Å². The van der Waals surface area contributed by atoms with Crippen LogP contribution in [0.5, 0.6) is 0 Å². The van der Waals surface area contributed by atoms with Gasteiger partial charge in [0.1, 0.15) is 0 Å². The van der Waals surface area contributed by atoms with Crippen molar-refractivity contribution in [3.8, 4) is 0 Å². The maximum absolute atomic E-state index is 6.15. The molecule has 0 bridgehead atoms. The van der Waals surface area contributed by atoms with Gasteiger partial charge in [0.25, 0.3) is 0 Å². The fourth-order valence-electron chi connectivity index (χ4n) is 2.60. The number of nitrogens with zero attached hydrogens (tertiary/aromatic N) is 3. The molecule has 0 amide bonds. The van der Waals surface area contributed by atoms with Gasteiger partial charge in [0, 0.05) is 6.04 Å². The van der Waals surface area contributed by atoms with Crippen molar-refractivity contribution in [2.45, 2.75) is 38.1 Å². The van der Waals surface area contributed by atoms with Crippen LogP contribution in [0, 0.1) is 0 Å². The molecule has 2 N–H and O–H groups in total. The fraction of sp³-hybridized carbons (Fsp3) is 0.400. The van der Waals surface area contributed by atoms with E-state index in [-0.39, 0.29) is 0 Å². The second-order valence-electron chi connectivity index (χ2n) is 5.37. The molecule has 0 radical (unpaired) electrons. The van der Waals surface area contributed by atoms with Gasteiger partial charge in [0.15, 0.2) is 5.82 Å². The monoisotopic (exact) mass is 337 g/mol. The van der Waals surface area contributed by atoms with Crippen LogP contribution in [0.2, 0.25) is 10.0 Å². The number of benzene rings is 1. The summed E-state index contributed by atoms with van der Waals surface area (Å²) in [6.07, 6.45) is 7.65. The molecule has 1 aromatic heterocycles. The van der Waals surface area contributed by atoms with E-state index >= 15 is 0 Å². The molecule has 1 saturated carbocycles. The maximum atomic E-state index is 6.15. The van der Waals surface area contributed by atoms with E-state index in [2.05, 4.69) is 25.8 Å². The molecular formula is C15H17Cl2N5. The molecule has 2 aromatic rings. The number of rotatable bonds is 4. The average Bonchev–Trinajstić information content (AvgIpc) is 2.53.